The topological polar surface area (TPSA) is 106 Å². The zero-order chi connectivity index (χ0) is 14.5. The summed E-state index contributed by atoms with van der Waals surface area (Å²) in [7, 11) is -8.04. The van der Waals surface area contributed by atoms with Crippen molar-refractivity contribution in [2.75, 3.05) is 6.54 Å². The third-order valence-electron chi connectivity index (χ3n) is 2.24. The molecule has 0 saturated carbocycles. The normalized spacial score (nSPS) is 12.0. The number of nitrogens with two attached hydrogens (primary N) is 1. The molecule has 0 amide bonds. The van der Waals surface area contributed by atoms with Gasteiger partial charge in [0.15, 0.2) is 0 Å². The Balaban J connectivity index is 3.07. The second kappa shape index (κ2) is 6.16. The summed E-state index contributed by atoms with van der Waals surface area (Å²) in [5.74, 6) is 2.38. The number of rotatable bonds is 6. The molecule has 19 heavy (non-hydrogen) atoms. The summed E-state index contributed by atoms with van der Waals surface area (Å²) in [5.41, 5.74) is 0. The maximum absolute atomic E-state index is 12.0. The van der Waals surface area contributed by atoms with E-state index in [1.807, 2.05) is 0 Å². The molecule has 0 bridgehead atoms. The number of hydrogen-bond acceptors (Lipinski definition) is 4. The Kier molecular flexibility index (Phi) is 5.08. The quantitative estimate of drug-likeness (QED) is 0.571. The van der Waals surface area contributed by atoms with E-state index in [1.54, 1.807) is 0 Å². The zero-order valence-corrected chi connectivity index (χ0v) is 11.7. The number of hydrogen-bond donors (Lipinski definition) is 2. The van der Waals surface area contributed by atoms with Gasteiger partial charge in [-0.2, -0.15) is 0 Å². The highest BCUT2D eigenvalue weighted by Crippen LogP contribution is 2.18. The van der Waals surface area contributed by atoms with Crippen LogP contribution in [0.2, 0.25) is 0 Å². The first-order valence-electron chi connectivity index (χ1n) is 5.34. The number of sulfonamides is 2. The van der Waals surface area contributed by atoms with Gasteiger partial charge in [-0.1, -0.05) is 12.1 Å². The van der Waals surface area contributed by atoms with E-state index in [4.69, 9.17) is 11.6 Å². The third-order valence-corrected chi connectivity index (χ3v) is 4.85. The molecule has 0 radical (unpaired) electrons. The van der Waals surface area contributed by atoms with E-state index in [-0.39, 0.29) is 11.4 Å². The minimum atomic E-state index is -4.10. The average molecular weight is 302 g/mol. The van der Waals surface area contributed by atoms with Crippen molar-refractivity contribution in [3.63, 3.8) is 0 Å². The van der Waals surface area contributed by atoms with Gasteiger partial charge in [-0.3, -0.25) is 0 Å². The second-order valence-electron chi connectivity index (χ2n) is 3.70. The number of primary sulfonamides is 1. The van der Waals surface area contributed by atoms with Gasteiger partial charge in [0, 0.05) is 13.0 Å². The van der Waals surface area contributed by atoms with Gasteiger partial charge in [-0.25, -0.2) is 26.7 Å². The minimum Gasteiger partial charge on any atom is -0.225 e. The molecule has 0 fully saturated rings. The molecule has 0 unspecified atom stereocenters. The van der Waals surface area contributed by atoms with Gasteiger partial charge in [-0.15, -0.1) is 12.3 Å². The van der Waals surface area contributed by atoms with Crippen LogP contribution in [0.5, 0.6) is 0 Å². The number of benzene rings is 1. The summed E-state index contributed by atoms with van der Waals surface area (Å²) in [6.07, 6.45) is 5.94. The SMILES string of the molecule is C#CCCCNS(=O)(=O)c1ccccc1S(N)(=O)=O. The third kappa shape index (κ3) is 4.33. The van der Waals surface area contributed by atoms with Crippen molar-refractivity contribution in [2.45, 2.75) is 22.6 Å². The zero-order valence-electron chi connectivity index (χ0n) is 10.0. The van der Waals surface area contributed by atoms with Gasteiger partial charge in [-0.05, 0) is 18.6 Å². The Morgan fingerprint density at radius 2 is 1.74 bits per heavy atom. The molecular formula is C11H14N2O4S2. The maximum atomic E-state index is 12.0. The van der Waals surface area contributed by atoms with Crippen LogP contribution >= 0.6 is 0 Å². The lowest BCUT2D eigenvalue weighted by molar-refractivity contribution is 0.572. The fourth-order valence-corrected chi connectivity index (χ4v) is 3.84. The first-order chi connectivity index (χ1) is 8.79. The Bertz CT molecular complexity index is 688. The molecule has 104 valence electrons. The van der Waals surface area contributed by atoms with Crippen LogP contribution in [0.15, 0.2) is 34.1 Å². The van der Waals surface area contributed by atoms with E-state index >= 15 is 0 Å². The lowest BCUT2D eigenvalue weighted by Gasteiger charge is -2.09. The van der Waals surface area contributed by atoms with Crippen LogP contribution in [0.3, 0.4) is 0 Å². The van der Waals surface area contributed by atoms with Crippen LogP contribution in [-0.4, -0.2) is 23.4 Å². The molecule has 0 aromatic heterocycles. The Hall–Kier alpha value is -1.40. The number of unbranched alkanes of at least 4 members (excludes halogenated alkanes) is 1. The monoisotopic (exact) mass is 302 g/mol. The molecule has 0 saturated heterocycles. The van der Waals surface area contributed by atoms with E-state index < -0.39 is 24.9 Å². The van der Waals surface area contributed by atoms with Crippen molar-refractivity contribution < 1.29 is 16.8 Å². The molecular weight excluding hydrogens is 288 g/mol. The first-order valence-corrected chi connectivity index (χ1v) is 8.37. The predicted octanol–water partition coefficient (Wildman–Crippen LogP) is 0.0257. The van der Waals surface area contributed by atoms with Crippen molar-refractivity contribution in [1.82, 2.24) is 4.72 Å². The fraction of sp³-hybridized carbons (Fsp3) is 0.273. The van der Waals surface area contributed by atoms with Gasteiger partial charge in [0.2, 0.25) is 20.0 Å². The molecule has 3 N–H and O–H groups in total. The molecule has 1 aromatic carbocycles. The number of terminal acetylenes is 1. The molecule has 1 aromatic rings. The molecule has 0 heterocycles. The Morgan fingerprint density at radius 3 is 2.26 bits per heavy atom. The highest BCUT2D eigenvalue weighted by molar-refractivity contribution is 7.92. The van der Waals surface area contributed by atoms with E-state index in [2.05, 4.69) is 10.6 Å². The standard InChI is InChI=1S/C11H14N2O4S2/c1-2-3-6-9-13-19(16,17)11-8-5-4-7-10(11)18(12,14)15/h1,4-5,7-8,13H,3,6,9H2,(H2,12,14,15). The number of nitrogens with one attached hydrogen (secondary N) is 1. The molecule has 0 spiro atoms. The largest absolute Gasteiger partial charge is 0.241 e. The summed E-state index contributed by atoms with van der Waals surface area (Å²) in [4.78, 5) is -0.794. The van der Waals surface area contributed by atoms with Crippen LogP contribution in [-0.2, 0) is 20.0 Å². The molecule has 1 rings (SSSR count). The van der Waals surface area contributed by atoms with Crippen LogP contribution in [0, 0.1) is 12.3 Å². The Morgan fingerprint density at radius 1 is 1.16 bits per heavy atom. The molecule has 0 aliphatic heterocycles. The lowest BCUT2D eigenvalue weighted by atomic mass is 10.3. The van der Waals surface area contributed by atoms with Crippen molar-refractivity contribution in [2.24, 2.45) is 5.14 Å². The average Bonchev–Trinajstić information content (AvgIpc) is 2.34. The van der Waals surface area contributed by atoms with Gasteiger partial charge < -0.3 is 0 Å². The predicted molar refractivity (Wildman–Crippen MR) is 71.1 cm³/mol. The van der Waals surface area contributed by atoms with Crippen molar-refractivity contribution in [1.29, 1.82) is 0 Å². The van der Waals surface area contributed by atoms with E-state index in [0.717, 1.165) is 6.07 Å². The van der Waals surface area contributed by atoms with Gasteiger partial charge in [0.25, 0.3) is 0 Å². The summed E-state index contributed by atoms with van der Waals surface area (Å²) >= 11 is 0. The van der Waals surface area contributed by atoms with Gasteiger partial charge in [0.1, 0.15) is 9.79 Å². The van der Waals surface area contributed by atoms with Crippen LogP contribution in [0.4, 0.5) is 0 Å². The summed E-state index contributed by atoms with van der Waals surface area (Å²) in [5, 5.41) is 4.98. The van der Waals surface area contributed by atoms with Crippen LogP contribution in [0.1, 0.15) is 12.8 Å². The van der Waals surface area contributed by atoms with E-state index in [0.29, 0.717) is 12.8 Å². The highest BCUT2D eigenvalue weighted by atomic mass is 32.2. The molecule has 8 heteroatoms. The van der Waals surface area contributed by atoms with Crippen LogP contribution in [0.25, 0.3) is 0 Å². The molecule has 0 atom stereocenters. The smallest absolute Gasteiger partial charge is 0.225 e. The maximum Gasteiger partial charge on any atom is 0.241 e. The van der Waals surface area contributed by atoms with Crippen molar-refractivity contribution >= 4 is 20.0 Å². The summed E-state index contributed by atoms with van der Waals surface area (Å²) in [6, 6.07) is 5.15. The van der Waals surface area contributed by atoms with E-state index in [1.165, 1.54) is 18.2 Å². The summed E-state index contributed by atoms with van der Waals surface area (Å²) < 4.78 is 48.9. The minimum absolute atomic E-state index is 0.130. The lowest BCUT2D eigenvalue weighted by Crippen LogP contribution is -2.27. The van der Waals surface area contributed by atoms with Crippen molar-refractivity contribution in [3.05, 3.63) is 24.3 Å². The van der Waals surface area contributed by atoms with Gasteiger partial charge >= 0.3 is 0 Å². The Labute approximate surface area is 113 Å². The summed E-state index contributed by atoms with van der Waals surface area (Å²) in [6.45, 7) is 0.130. The van der Waals surface area contributed by atoms with Crippen molar-refractivity contribution in [3.8, 4) is 12.3 Å². The van der Waals surface area contributed by atoms with Crippen LogP contribution < -0.4 is 9.86 Å². The first kappa shape index (κ1) is 15.7. The molecule has 0 aliphatic carbocycles. The molecule has 6 nitrogen and oxygen atoms in total. The van der Waals surface area contributed by atoms with E-state index in [9.17, 15) is 16.8 Å². The second-order valence-corrected chi connectivity index (χ2v) is 6.96. The van der Waals surface area contributed by atoms with Gasteiger partial charge in [0.05, 0.1) is 0 Å². The highest BCUT2D eigenvalue weighted by Gasteiger charge is 2.23. The molecule has 0 aliphatic rings. The fourth-order valence-electron chi connectivity index (χ4n) is 1.38.